The highest BCUT2D eigenvalue weighted by Gasteiger charge is 2.15. The Morgan fingerprint density at radius 2 is 1.64 bits per heavy atom. The van der Waals surface area contributed by atoms with Gasteiger partial charge in [0.2, 0.25) is 11.8 Å². The van der Waals surface area contributed by atoms with Crippen LogP contribution in [0.3, 0.4) is 0 Å². The Morgan fingerprint density at radius 1 is 0.960 bits per heavy atom. The topological polar surface area (TPSA) is 52.7 Å². The third kappa shape index (κ3) is 5.66. The largest absolute Gasteiger partial charge is 0.365 e. The molecule has 0 saturated heterocycles. The fraction of sp³-hybridized carbons (Fsp3) is 0.222. The molecule has 0 atom stereocenters. The SMILES string of the molecule is CN(CC(=O)Nc1ccc(Cl)c(Cl)c1)C(=O)CN(C)c1ccccc1. The van der Waals surface area contributed by atoms with Crippen LogP contribution in [0.25, 0.3) is 0 Å². The molecule has 0 radical (unpaired) electrons. The van der Waals surface area contributed by atoms with Crippen molar-refractivity contribution in [1.29, 1.82) is 0 Å². The molecule has 0 aliphatic heterocycles. The summed E-state index contributed by atoms with van der Waals surface area (Å²) in [4.78, 5) is 27.6. The molecule has 25 heavy (non-hydrogen) atoms. The van der Waals surface area contributed by atoms with Gasteiger partial charge in [-0.3, -0.25) is 9.59 Å². The van der Waals surface area contributed by atoms with Crippen molar-refractivity contribution in [1.82, 2.24) is 4.90 Å². The Morgan fingerprint density at radius 3 is 2.28 bits per heavy atom. The van der Waals surface area contributed by atoms with Gasteiger partial charge in [-0.2, -0.15) is 0 Å². The van der Waals surface area contributed by atoms with Crippen LogP contribution in [0.5, 0.6) is 0 Å². The number of likely N-dealkylation sites (N-methyl/N-ethyl adjacent to an activating group) is 2. The second kappa shape index (κ2) is 8.74. The van der Waals surface area contributed by atoms with Crippen LogP contribution < -0.4 is 10.2 Å². The smallest absolute Gasteiger partial charge is 0.243 e. The first kappa shape index (κ1) is 19.1. The number of rotatable bonds is 6. The first-order valence-electron chi connectivity index (χ1n) is 7.62. The standard InChI is InChI=1S/C18H19Cl2N3O2/c1-22(14-6-4-3-5-7-14)12-18(25)23(2)11-17(24)21-13-8-9-15(19)16(20)10-13/h3-10H,11-12H2,1-2H3,(H,21,24). The zero-order valence-electron chi connectivity index (χ0n) is 14.0. The van der Waals surface area contributed by atoms with Crippen LogP contribution in [-0.4, -0.2) is 43.9 Å². The van der Waals surface area contributed by atoms with Crippen molar-refractivity contribution in [3.05, 3.63) is 58.6 Å². The van der Waals surface area contributed by atoms with Crippen LogP contribution >= 0.6 is 23.2 Å². The summed E-state index contributed by atoms with van der Waals surface area (Å²) >= 11 is 11.8. The molecule has 0 heterocycles. The van der Waals surface area contributed by atoms with Gasteiger partial charge in [0.05, 0.1) is 23.1 Å². The molecule has 0 aliphatic carbocycles. The van der Waals surface area contributed by atoms with Crippen molar-refractivity contribution in [3.8, 4) is 0 Å². The number of hydrogen-bond acceptors (Lipinski definition) is 3. The maximum atomic E-state index is 12.3. The van der Waals surface area contributed by atoms with E-state index in [1.54, 1.807) is 25.2 Å². The van der Waals surface area contributed by atoms with Gasteiger partial charge in [0.25, 0.3) is 0 Å². The van der Waals surface area contributed by atoms with Crippen LogP contribution in [0, 0.1) is 0 Å². The van der Waals surface area contributed by atoms with E-state index in [-0.39, 0.29) is 24.9 Å². The van der Waals surface area contributed by atoms with E-state index >= 15 is 0 Å². The number of anilines is 2. The van der Waals surface area contributed by atoms with E-state index in [1.807, 2.05) is 42.3 Å². The quantitative estimate of drug-likeness (QED) is 0.834. The second-order valence-corrected chi connectivity index (χ2v) is 6.43. The number of carbonyl (C=O) groups is 2. The summed E-state index contributed by atoms with van der Waals surface area (Å²) < 4.78 is 0. The minimum atomic E-state index is -0.309. The van der Waals surface area contributed by atoms with Gasteiger partial charge in [0.1, 0.15) is 0 Å². The number of hydrogen-bond donors (Lipinski definition) is 1. The number of nitrogens with one attached hydrogen (secondary N) is 1. The monoisotopic (exact) mass is 379 g/mol. The molecule has 0 unspecified atom stereocenters. The second-order valence-electron chi connectivity index (χ2n) is 5.62. The Labute approximate surface area is 157 Å². The fourth-order valence-electron chi connectivity index (χ4n) is 2.18. The highest BCUT2D eigenvalue weighted by molar-refractivity contribution is 6.42. The van der Waals surface area contributed by atoms with Gasteiger partial charge in [-0.1, -0.05) is 41.4 Å². The van der Waals surface area contributed by atoms with Gasteiger partial charge < -0.3 is 15.1 Å². The van der Waals surface area contributed by atoms with Gasteiger partial charge in [-0.25, -0.2) is 0 Å². The molecule has 2 aromatic carbocycles. The molecule has 0 saturated carbocycles. The Kier molecular flexibility index (Phi) is 6.67. The lowest BCUT2D eigenvalue weighted by Crippen LogP contribution is -2.40. The summed E-state index contributed by atoms with van der Waals surface area (Å²) in [5.74, 6) is -0.466. The highest BCUT2D eigenvalue weighted by Crippen LogP contribution is 2.24. The fourth-order valence-corrected chi connectivity index (χ4v) is 2.47. The summed E-state index contributed by atoms with van der Waals surface area (Å²) in [6.07, 6.45) is 0. The van der Waals surface area contributed by atoms with Gasteiger partial charge in [0, 0.05) is 25.5 Å². The lowest BCUT2D eigenvalue weighted by atomic mass is 10.3. The predicted octanol–water partition coefficient (Wildman–Crippen LogP) is 3.53. The van der Waals surface area contributed by atoms with Gasteiger partial charge >= 0.3 is 0 Å². The van der Waals surface area contributed by atoms with Gasteiger partial charge in [-0.15, -0.1) is 0 Å². The molecule has 1 N–H and O–H groups in total. The van der Waals surface area contributed by atoms with Crippen molar-refractivity contribution in [3.63, 3.8) is 0 Å². The van der Waals surface area contributed by atoms with Crippen molar-refractivity contribution >= 4 is 46.4 Å². The first-order valence-corrected chi connectivity index (χ1v) is 8.37. The lowest BCUT2D eigenvalue weighted by molar-refractivity contribution is -0.132. The van der Waals surface area contributed by atoms with E-state index in [4.69, 9.17) is 23.2 Å². The average molecular weight is 380 g/mol. The molecular formula is C18H19Cl2N3O2. The maximum Gasteiger partial charge on any atom is 0.243 e. The number of nitrogens with zero attached hydrogens (tertiary/aromatic N) is 2. The lowest BCUT2D eigenvalue weighted by Gasteiger charge is -2.23. The van der Waals surface area contributed by atoms with E-state index in [0.29, 0.717) is 15.7 Å². The zero-order chi connectivity index (χ0) is 18.4. The molecule has 5 nitrogen and oxygen atoms in total. The van der Waals surface area contributed by atoms with Crippen molar-refractivity contribution in [2.75, 3.05) is 37.4 Å². The molecule has 0 aromatic heterocycles. The minimum absolute atomic E-state index is 0.0539. The molecule has 0 spiro atoms. The zero-order valence-corrected chi connectivity index (χ0v) is 15.5. The van der Waals surface area contributed by atoms with Crippen LogP contribution in [-0.2, 0) is 9.59 Å². The van der Waals surface area contributed by atoms with Crippen molar-refractivity contribution < 1.29 is 9.59 Å². The predicted molar refractivity (Wildman–Crippen MR) is 102 cm³/mol. The van der Waals surface area contributed by atoms with E-state index in [0.717, 1.165) is 5.69 Å². The summed E-state index contributed by atoms with van der Waals surface area (Å²) in [6, 6.07) is 14.4. The van der Waals surface area contributed by atoms with Crippen LogP contribution in [0.2, 0.25) is 10.0 Å². The Balaban J connectivity index is 1.87. The van der Waals surface area contributed by atoms with E-state index in [1.165, 1.54) is 4.90 Å². The number of amides is 2. The highest BCUT2D eigenvalue weighted by atomic mass is 35.5. The van der Waals surface area contributed by atoms with Gasteiger partial charge in [0.15, 0.2) is 0 Å². The number of carbonyl (C=O) groups excluding carboxylic acids is 2. The van der Waals surface area contributed by atoms with Crippen molar-refractivity contribution in [2.24, 2.45) is 0 Å². The Hall–Kier alpha value is -2.24. The summed E-state index contributed by atoms with van der Waals surface area (Å²) in [6.45, 7) is 0.127. The summed E-state index contributed by atoms with van der Waals surface area (Å²) in [5.41, 5.74) is 1.46. The normalized spacial score (nSPS) is 10.2. The molecule has 0 aliphatic rings. The molecule has 7 heteroatoms. The van der Waals surface area contributed by atoms with Gasteiger partial charge in [-0.05, 0) is 30.3 Å². The molecular weight excluding hydrogens is 361 g/mol. The van der Waals surface area contributed by atoms with E-state index in [9.17, 15) is 9.59 Å². The average Bonchev–Trinajstić information content (AvgIpc) is 2.58. The number of halogens is 2. The van der Waals surface area contributed by atoms with E-state index < -0.39 is 0 Å². The summed E-state index contributed by atoms with van der Waals surface area (Å²) in [7, 11) is 3.42. The van der Waals surface area contributed by atoms with Crippen molar-refractivity contribution in [2.45, 2.75) is 0 Å². The van der Waals surface area contributed by atoms with Crippen LogP contribution in [0.1, 0.15) is 0 Å². The third-order valence-corrected chi connectivity index (χ3v) is 4.32. The van der Waals surface area contributed by atoms with Crippen LogP contribution in [0.15, 0.2) is 48.5 Å². The molecule has 2 rings (SSSR count). The number of benzene rings is 2. The maximum absolute atomic E-state index is 12.3. The molecule has 2 aromatic rings. The Bertz CT molecular complexity index is 753. The summed E-state index contributed by atoms with van der Waals surface area (Å²) in [5, 5.41) is 3.46. The van der Waals surface area contributed by atoms with E-state index in [2.05, 4.69) is 5.32 Å². The molecule has 132 valence electrons. The molecule has 0 bridgehead atoms. The third-order valence-electron chi connectivity index (χ3n) is 3.58. The minimum Gasteiger partial charge on any atom is -0.365 e. The molecule has 2 amide bonds. The molecule has 0 fully saturated rings. The van der Waals surface area contributed by atoms with Crippen LogP contribution in [0.4, 0.5) is 11.4 Å². The first-order chi connectivity index (χ1) is 11.9. The number of para-hydroxylation sites is 1.